The van der Waals surface area contributed by atoms with Crippen LogP contribution in [0.25, 0.3) is 0 Å². The topological polar surface area (TPSA) is 46.2 Å². The van der Waals surface area contributed by atoms with Gasteiger partial charge < -0.3 is 10.8 Å². The van der Waals surface area contributed by atoms with Crippen LogP contribution in [0, 0.1) is 6.92 Å². The predicted molar refractivity (Wildman–Crippen MR) is 48.1 cm³/mol. The largest absolute Gasteiger partial charge is 0.394 e. The van der Waals surface area contributed by atoms with E-state index in [1.54, 1.807) is 0 Å². The van der Waals surface area contributed by atoms with E-state index in [-0.39, 0.29) is 12.6 Å². The number of aliphatic hydroxyl groups excluding tert-OH is 1. The summed E-state index contributed by atoms with van der Waals surface area (Å²) in [5, 5.41) is 8.76. The average molecular weight is 192 g/mol. The van der Waals surface area contributed by atoms with Crippen molar-refractivity contribution in [1.29, 1.82) is 0 Å². The highest BCUT2D eigenvalue weighted by molar-refractivity contribution is 7.16. The van der Waals surface area contributed by atoms with Gasteiger partial charge in [-0.05, 0) is 18.6 Å². The Kier molecular flexibility index (Phi) is 2.90. The second-order valence-corrected chi connectivity index (χ2v) is 4.10. The molecule has 1 heterocycles. The van der Waals surface area contributed by atoms with Crippen molar-refractivity contribution in [3.63, 3.8) is 0 Å². The number of thiophene rings is 1. The molecule has 1 unspecified atom stereocenters. The van der Waals surface area contributed by atoms with Gasteiger partial charge >= 0.3 is 0 Å². The van der Waals surface area contributed by atoms with E-state index in [0.717, 1.165) is 14.8 Å². The average Bonchev–Trinajstić information content (AvgIpc) is 2.28. The summed E-state index contributed by atoms with van der Waals surface area (Å²) in [6.45, 7) is 1.91. The molecule has 0 aliphatic rings. The monoisotopic (exact) mass is 191 g/mol. The summed E-state index contributed by atoms with van der Waals surface area (Å²) in [7, 11) is 0. The highest BCUT2D eigenvalue weighted by Gasteiger charge is 2.10. The van der Waals surface area contributed by atoms with Crippen LogP contribution in [0.2, 0.25) is 4.34 Å². The number of rotatable bonds is 2. The van der Waals surface area contributed by atoms with E-state index in [2.05, 4.69) is 0 Å². The summed E-state index contributed by atoms with van der Waals surface area (Å²) in [5.41, 5.74) is 6.67. The third-order valence-corrected chi connectivity index (χ3v) is 2.96. The summed E-state index contributed by atoms with van der Waals surface area (Å²) < 4.78 is 0.724. The van der Waals surface area contributed by atoms with Crippen LogP contribution in [0.5, 0.6) is 0 Å². The van der Waals surface area contributed by atoms with Crippen LogP contribution in [0.4, 0.5) is 0 Å². The van der Waals surface area contributed by atoms with Crippen LogP contribution < -0.4 is 5.73 Å². The first kappa shape index (κ1) is 9.00. The van der Waals surface area contributed by atoms with Crippen molar-refractivity contribution in [3.8, 4) is 0 Å². The van der Waals surface area contributed by atoms with Crippen molar-refractivity contribution in [1.82, 2.24) is 0 Å². The molecule has 11 heavy (non-hydrogen) atoms. The van der Waals surface area contributed by atoms with Crippen LogP contribution in [0.15, 0.2) is 6.07 Å². The lowest BCUT2D eigenvalue weighted by Gasteiger charge is -2.05. The molecular weight excluding hydrogens is 182 g/mol. The first-order valence-corrected chi connectivity index (χ1v) is 4.47. The van der Waals surface area contributed by atoms with Gasteiger partial charge in [0, 0.05) is 4.88 Å². The van der Waals surface area contributed by atoms with E-state index in [0.29, 0.717) is 0 Å². The van der Waals surface area contributed by atoms with E-state index in [9.17, 15) is 0 Å². The van der Waals surface area contributed by atoms with E-state index in [4.69, 9.17) is 22.4 Å². The molecule has 0 radical (unpaired) electrons. The molecule has 0 amide bonds. The molecule has 62 valence electrons. The minimum Gasteiger partial charge on any atom is -0.394 e. The number of aryl methyl sites for hydroxylation is 1. The van der Waals surface area contributed by atoms with Crippen molar-refractivity contribution in [2.45, 2.75) is 13.0 Å². The Morgan fingerprint density at radius 3 is 2.82 bits per heavy atom. The molecule has 0 saturated heterocycles. The summed E-state index contributed by atoms with van der Waals surface area (Å²) >= 11 is 7.18. The number of hydrogen-bond donors (Lipinski definition) is 2. The predicted octanol–water partition coefficient (Wildman–Crippen LogP) is 1.70. The van der Waals surface area contributed by atoms with Gasteiger partial charge in [-0.15, -0.1) is 11.3 Å². The first-order valence-electron chi connectivity index (χ1n) is 3.27. The Bertz CT molecular complexity index is 249. The first-order chi connectivity index (χ1) is 5.15. The van der Waals surface area contributed by atoms with Crippen molar-refractivity contribution in [2.24, 2.45) is 5.73 Å². The molecule has 0 aliphatic heterocycles. The van der Waals surface area contributed by atoms with E-state index < -0.39 is 0 Å². The highest BCUT2D eigenvalue weighted by Crippen LogP contribution is 2.29. The van der Waals surface area contributed by atoms with Gasteiger partial charge in [0.2, 0.25) is 0 Å². The smallest absolute Gasteiger partial charge is 0.0934 e. The molecule has 0 aliphatic carbocycles. The fourth-order valence-corrected chi connectivity index (χ4v) is 2.21. The quantitative estimate of drug-likeness (QED) is 0.748. The SMILES string of the molecule is Cc1cc(Cl)sc1C(N)CO. The summed E-state index contributed by atoms with van der Waals surface area (Å²) in [6.07, 6.45) is 0. The van der Waals surface area contributed by atoms with E-state index >= 15 is 0 Å². The lowest BCUT2D eigenvalue weighted by Crippen LogP contribution is -2.13. The summed E-state index contributed by atoms with van der Waals surface area (Å²) in [4.78, 5) is 0.970. The molecule has 3 N–H and O–H groups in total. The Hall–Kier alpha value is -0.0900. The zero-order valence-corrected chi connectivity index (χ0v) is 7.75. The molecule has 0 spiro atoms. The second kappa shape index (κ2) is 3.54. The minimum absolute atomic E-state index is 0.0301. The molecule has 0 bridgehead atoms. The fourth-order valence-electron chi connectivity index (χ4n) is 0.907. The maximum absolute atomic E-state index is 8.76. The summed E-state index contributed by atoms with van der Waals surface area (Å²) in [6, 6.07) is 1.57. The van der Waals surface area contributed by atoms with Crippen LogP contribution >= 0.6 is 22.9 Å². The van der Waals surface area contributed by atoms with E-state index in [1.165, 1.54) is 11.3 Å². The Morgan fingerprint density at radius 2 is 2.45 bits per heavy atom. The van der Waals surface area contributed by atoms with Gasteiger partial charge in [0.05, 0.1) is 17.0 Å². The van der Waals surface area contributed by atoms with E-state index in [1.807, 2.05) is 13.0 Å². The maximum Gasteiger partial charge on any atom is 0.0934 e. The van der Waals surface area contributed by atoms with Crippen LogP contribution in [0.1, 0.15) is 16.5 Å². The van der Waals surface area contributed by atoms with Crippen LogP contribution in [0.3, 0.4) is 0 Å². The Balaban J connectivity index is 2.93. The number of nitrogens with two attached hydrogens (primary N) is 1. The summed E-state index contributed by atoms with van der Waals surface area (Å²) in [5.74, 6) is 0. The van der Waals surface area contributed by atoms with Gasteiger partial charge in [-0.3, -0.25) is 0 Å². The molecule has 1 atom stereocenters. The highest BCUT2D eigenvalue weighted by atomic mass is 35.5. The van der Waals surface area contributed by atoms with Gasteiger partial charge in [0.1, 0.15) is 0 Å². The lowest BCUT2D eigenvalue weighted by atomic mass is 10.2. The Labute approximate surface area is 74.6 Å². The normalized spacial score (nSPS) is 13.5. The zero-order chi connectivity index (χ0) is 8.43. The van der Waals surface area contributed by atoms with Crippen LogP contribution in [-0.2, 0) is 0 Å². The Morgan fingerprint density at radius 1 is 1.82 bits per heavy atom. The minimum atomic E-state index is -0.285. The van der Waals surface area contributed by atoms with Crippen molar-refractivity contribution in [3.05, 3.63) is 20.8 Å². The maximum atomic E-state index is 8.76. The molecule has 4 heteroatoms. The van der Waals surface area contributed by atoms with Crippen LogP contribution in [-0.4, -0.2) is 11.7 Å². The van der Waals surface area contributed by atoms with Gasteiger partial charge in [-0.1, -0.05) is 11.6 Å². The van der Waals surface area contributed by atoms with Gasteiger partial charge in [0.15, 0.2) is 0 Å². The molecule has 0 aromatic carbocycles. The molecule has 0 saturated carbocycles. The van der Waals surface area contributed by atoms with Crippen molar-refractivity contribution >= 4 is 22.9 Å². The molecule has 1 aromatic rings. The third-order valence-electron chi connectivity index (χ3n) is 1.46. The lowest BCUT2D eigenvalue weighted by molar-refractivity contribution is 0.269. The second-order valence-electron chi connectivity index (χ2n) is 2.39. The third kappa shape index (κ3) is 1.93. The van der Waals surface area contributed by atoms with Crippen molar-refractivity contribution < 1.29 is 5.11 Å². The standard InChI is InChI=1S/C7H10ClNOS/c1-4-2-6(8)11-7(4)5(9)3-10/h2,5,10H,3,9H2,1H3. The number of hydrogen-bond acceptors (Lipinski definition) is 3. The van der Waals surface area contributed by atoms with Gasteiger partial charge in [-0.25, -0.2) is 0 Å². The van der Waals surface area contributed by atoms with Crippen molar-refractivity contribution in [2.75, 3.05) is 6.61 Å². The number of halogens is 1. The molecular formula is C7H10ClNOS. The number of aliphatic hydroxyl groups is 1. The molecule has 2 nitrogen and oxygen atoms in total. The molecule has 1 aromatic heterocycles. The fraction of sp³-hybridized carbons (Fsp3) is 0.429. The molecule has 1 rings (SSSR count). The van der Waals surface area contributed by atoms with Gasteiger partial charge in [-0.2, -0.15) is 0 Å². The molecule has 0 fully saturated rings. The van der Waals surface area contributed by atoms with Gasteiger partial charge in [0.25, 0.3) is 0 Å². The zero-order valence-electron chi connectivity index (χ0n) is 6.17.